The minimum absolute atomic E-state index is 0.123. The SMILES string of the molecule is CC(C)[Si](OC[C@H]1OC[C@@H](n2ccc(NC(=O)c3ccccc3)nc2=O)S1)(C(C)C)C(C)C. The number of amides is 1. The number of hydrogen-bond acceptors (Lipinski definition) is 6. The Labute approximate surface area is 201 Å². The van der Waals surface area contributed by atoms with Crippen molar-refractivity contribution in [2.24, 2.45) is 0 Å². The number of aromatic nitrogens is 2. The van der Waals surface area contributed by atoms with Gasteiger partial charge >= 0.3 is 5.69 Å². The first-order valence-corrected chi connectivity index (χ1v) is 14.6. The van der Waals surface area contributed by atoms with Gasteiger partial charge in [-0.15, -0.1) is 11.8 Å². The average molecular weight is 490 g/mol. The average Bonchev–Trinajstić information content (AvgIpc) is 3.23. The van der Waals surface area contributed by atoms with Gasteiger partial charge in [0.05, 0.1) is 13.2 Å². The number of carbonyl (C=O) groups is 1. The standard InChI is InChI=1S/C24H35N3O4SSi/c1-16(2)33(17(3)4,18(5)6)31-15-22-30-14-21(32-22)27-13-12-20(26-24(27)29)25-23(28)19-10-8-7-9-11-19/h7-13,16-18,21-22H,14-15H2,1-6H3,(H,25,26,28,29)/t21-,22-/m0/s1. The smallest absolute Gasteiger partial charge is 0.350 e. The summed E-state index contributed by atoms with van der Waals surface area (Å²) >= 11 is 1.58. The van der Waals surface area contributed by atoms with Crippen LogP contribution in [0.2, 0.25) is 16.6 Å². The molecule has 1 aromatic carbocycles. The first-order valence-electron chi connectivity index (χ1n) is 11.5. The van der Waals surface area contributed by atoms with E-state index in [1.165, 1.54) is 0 Å². The van der Waals surface area contributed by atoms with E-state index in [-0.39, 0.29) is 22.5 Å². The molecule has 1 saturated heterocycles. The Balaban J connectivity index is 1.63. The lowest BCUT2D eigenvalue weighted by Crippen LogP contribution is -2.48. The molecule has 1 aromatic heterocycles. The second-order valence-electron chi connectivity index (χ2n) is 9.31. The van der Waals surface area contributed by atoms with Crippen molar-refractivity contribution in [1.29, 1.82) is 0 Å². The normalized spacial score (nSPS) is 18.9. The number of thioether (sulfide) groups is 1. The number of anilines is 1. The number of hydrogen-bond donors (Lipinski definition) is 1. The molecule has 33 heavy (non-hydrogen) atoms. The Kier molecular flexibility index (Phi) is 8.55. The number of nitrogens with one attached hydrogen (secondary N) is 1. The fourth-order valence-corrected chi connectivity index (χ4v) is 11.5. The van der Waals surface area contributed by atoms with Crippen molar-refractivity contribution in [3.05, 3.63) is 58.6 Å². The van der Waals surface area contributed by atoms with Crippen LogP contribution in [0, 0.1) is 0 Å². The summed E-state index contributed by atoms with van der Waals surface area (Å²) in [7, 11) is -1.97. The minimum Gasteiger partial charge on any atom is -0.412 e. The molecule has 0 spiro atoms. The Bertz CT molecular complexity index is 975. The van der Waals surface area contributed by atoms with E-state index in [0.29, 0.717) is 35.4 Å². The van der Waals surface area contributed by atoms with Crippen molar-refractivity contribution < 1.29 is 14.0 Å². The van der Waals surface area contributed by atoms with Crippen LogP contribution in [-0.4, -0.2) is 42.4 Å². The first kappa shape index (κ1) is 25.7. The zero-order valence-corrected chi connectivity index (χ0v) is 22.1. The van der Waals surface area contributed by atoms with Gasteiger partial charge in [-0.1, -0.05) is 59.7 Å². The Hall–Kier alpha value is -1.94. The molecular formula is C24H35N3O4SSi. The van der Waals surface area contributed by atoms with Crippen molar-refractivity contribution >= 4 is 31.8 Å². The van der Waals surface area contributed by atoms with E-state index in [2.05, 4.69) is 51.8 Å². The fourth-order valence-electron chi connectivity index (χ4n) is 4.87. The number of ether oxygens (including phenoxy) is 1. The van der Waals surface area contributed by atoms with Crippen molar-refractivity contribution in [2.75, 3.05) is 18.5 Å². The van der Waals surface area contributed by atoms with Crippen LogP contribution in [0.25, 0.3) is 0 Å². The van der Waals surface area contributed by atoms with Crippen LogP contribution in [0.3, 0.4) is 0 Å². The highest BCUT2D eigenvalue weighted by Crippen LogP contribution is 2.43. The molecular weight excluding hydrogens is 454 g/mol. The maximum atomic E-state index is 12.6. The molecule has 0 unspecified atom stereocenters. The monoisotopic (exact) mass is 489 g/mol. The van der Waals surface area contributed by atoms with E-state index in [4.69, 9.17) is 9.16 Å². The molecule has 7 nitrogen and oxygen atoms in total. The first-order chi connectivity index (χ1) is 15.6. The van der Waals surface area contributed by atoms with Gasteiger partial charge < -0.3 is 14.5 Å². The van der Waals surface area contributed by atoms with Gasteiger partial charge in [0.1, 0.15) is 16.6 Å². The maximum absolute atomic E-state index is 12.6. The molecule has 2 heterocycles. The number of nitrogens with zero attached hydrogens (tertiary/aromatic N) is 2. The lowest BCUT2D eigenvalue weighted by atomic mass is 10.2. The second kappa shape index (κ2) is 11.0. The molecule has 1 N–H and O–H groups in total. The van der Waals surface area contributed by atoms with Gasteiger partial charge in [0.25, 0.3) is 5.91 Å². The van der Waals surface area contributed by atoms with Crippen LogP contribution >= 0.6 is 11.8 Å². The number of rotatable bonds is 9. The Morgan fingerprint density at radius 3 is 2.36 bits per heavy atom. The zero-order valence-electron chi connectivity index (χ0n) is 20.3. The topological polar surface area (TPSA) is 82.4 Å². The molecule has 2 aromatic rings. The van der Waals surface area contributed by atoms with Crippen LogP contribution in [0.15, 0.2) is 47.4 Å². The molecule has 3 rings (SSSR count). The second-order valence-corrected chi connectivity index (χ2v) is 16.1. The Morgan fingerprint density at radius 1 is 1.15 bits per heavy atom. The van der Waals surface area contributed by atoms with Crippen LogP contribution in [0.4, 0.5) is 5.82 Å². The highest BCUT2D eigenvalue weighted by atomic mass is 32.2. The molecule has 1 aliphatic rings. The quantitative estimate of drug-likeness (QED) is 0.483. The van der Waals surface area contributed by atoms with E-state index < -0.39 is 14.0 Å². The van der Waals surface area contributed by atoms with E-state index in [1.54, 1.807) is 52.9 Å². The number of benzene rings is 1. The summed E-state index contributed by atoms with van der Waals surface area (Å²) in [6.45, 7) is 14.5. The third-order valence-electron chi connectivity index (χ3n) is 6.33. The summed E-state index contributed by atoms with van der Waals surface area (Å²) in [5.74, 6) is -0.0698. The molecule has 1 fully saturated rings. The summed E-state index contributed by atoms with van der Waals surface area (Å²) < 4.78 is 14.2. The van der Waals surface area contributed by atoms with E-state index in [9.17, 15) is 9.59 Å². The van der Waals surface area contributed by atoms with Gasteiger partial charge in [-0.2, -0.15) is 4.98 Å². The fraction of sp³-hybridized carbons (Fsp3) is 0.542. The predicted octanol–water partition coefficient (Wildman–Crippen LogP) is 5.28. The van der Waals surface area contributed by atoms with Gasteiger partial charge in [-0.3, -0.25) is 9.36 Å². The lowest BCUT2D eigenvalue weighted by Gasteiger charge is -2.42. The molecule has 180 valence electrons. The van der Waals surface area contributed by atoms with Crippen LogP contribution < -0.4 is 11.0 Å². The maximum Gasteiger partial charge on any atom is 0.350 e. The van der Waals surface area contributed by atoms with Gasteiger partial charge in [0.15, 0.2) is 8.32 Å². The van der Waals surface area contributed by atoms with Crippen molar-refractivity contribution in [3.8, 4) is 0 Å². The lowest BCUT2D eigenvalue weighted by molar-refractivity contribution is 0.0820. The van der Waals surface area contributed by atoms with E-state index >= 15 is 0 Å². The predicted molar refractivity (Wildman–Crippen MR) is 136 cm³/mol. The van der Waals surface area contributed by atoms with Gasteiger partial charge in [-0.25, -0.2) is 4.79 Å². The summed E-state index contributed by atoms with van der Waals surface area (Å²) in [4.78, 5) is 29.0. The van der Waals surface area contributed by atoms with Crippen LogP contribution in [-0.2, 0) is 9.16 Å². The van der Waals surface area contributed by atoms with Gasteiger partial charge in [-0.05, 0) is 34.8 Å². The molecule has 0 radical (unpaired) electrons. The third kappa shape index (κ3) is 5.77. The summed E-state index contributed by atoms with van der Waals surface area (Å²) in [6, 6.07) is 10.5. The molecule has 1 aliphatic heterocycles. The van der Waals surface area contributed by atoms with Crippen LogP contribution in [0.5, 0.6) is 0 Å². The zero-order chi connectivity index (χ0) is 24.2. The van der Waals surface area contributed by atoms with Gasteiger partial charge in [0, 0.05) is 11.8 Å². The molecule has 2 atom stereocenters. The highest BCUT2D eigenvalue weighted by Gasteiger charge is 2.46. The molecule has 9 heteroatoms. The minimum atomic E-state index is -1.97. The molecule has 0 bridgehead atoms. The van der Waals surface area contributed by atoms with Crippen molar-refractivity contribution in [1.82, 2.24) is 9.55 Å². The van der Waals surface area contributed by atoms with Crippen LogP contribution in [0.1, 0.15) is 57.3 Å². The van der Waals surface area contributed by atoms with E-state index in [0.717, 1.165) is 0 Å². The molecule has 1 amide bonds. The third-order valence-corrected chi connectivity index (χ3v) is 13.7. The van der Waals surface area contributed by atoms with Crippen molar-refractivity contribution in [3.63, 3.8) is 0 Å². The van der Waals surface area contributed by atoms with E-state index in [1.807, 2.05) is 6.07 Å². The summed E-state index contributed by atoms with van der Waals surface area (Å²) in [5.41, 5.74) is 1.48. The summed E-state index contributed by atoms with van der Waals surface area (Å²) in [5, 5.41) is 2.50. The van der Waals surface area contributed by atoms with Gasteiger partial charge in [0.2, 0.25) is 0 Å². The Morgan fingerprint density at radius 2 is 1.79 bits per heavy atom. The largest absolute Gasteiger partial charge is 0.412 e. The molecule has 0 aliphatic carbocycles. The highest BCUT2D eigenvalue weighted by molar-refractivity contribution is 8.00. The summed E-state index contributed by atoms with van der Waals surface area (Å²) in [6.07, 6.45) is 1.66. The number of carbonyl (C=O) groups excluding carboxylic acids is 1. The molecule has 0 saturated carbocycles. The van der Waals surface area contributed by atoms with Crippen molar-refractivity contribution in [2.45, 2.75) is 69.0 Å².